The molecule has 2 amide bonds. The van der Waals surface area contributed by atoms with Crippen LogP contribution in [0.2, 0.25) is 0 Å². The Morgan fingerprint density at radius 1 is 1.03 bits per heavy atom. The molecule has 7 nitrogen and oxygen atoms in total. The summed E-state index contributed by atoms with van der Waals surface area (Å²) in [6.07, 6.45) is 0.687. The Kier molecular flexibility index (Phi) is 5.50. The number of rotatable bonds is 8. The molecule has 2 fully saturated rings. The molecule has 0 aliphatic heterocycles. The van der Waals surface area contributed by atoms with E-state index in [9.17, 15) is 23.2 Å². The second kappa shape index (κ2) is 8.38. The summed E-state index contributed by atoms with van der Waals surface area (Å²) in [7, 11) is 0. The van der Waals surface area contributed by atoms with Gasteiger partial charge in [-0.1, -0.05) is 48.5 Å². The molecule has 3 atom stereocenters. The normalized spacial score (nSPS) is 22.8. The number of aliphatic carboxylic acids is 1. The molecule has 3 aliphatic rings. The van der Waals surface area contributed by atoms with Gasteiger partial charge >= 0.3 is 12.1 Å². The molecule has 3 N–H and O–H groups in total. The Balaban J connectivity index is 1.18. The van der Waals surface area contributed by atoms with E-state index in [4.69, 9.17) is 9.84 Å². The summed E-state index contributed by atoms with van der Waals surface area (Å²) in [5.41, 5.74) is 4.32. The molecule has 0 aromatic heterocycles. The van der Waals surface area contributed by atoms with Crippen LogP contribution in [-0.2, 0) is 14.3 Å². The highest BCUT2D eigenvalue weighted by molar-refractivity contribution is 5.86. The Hall–Kier alpha value is -3.49. The lowest BCUT2D eigenvalue weighted by Crippen LogP contribution is -2.49. The first-order valence-electron chi connectivity index (χ1n) is 11.3. The van der Waals surface area contributed by atoms with Crippen molar-refractivity contribution in [2.75, 3.05) is 13.2 Å². The number of benzene rings is 2. The Morgan fingerprint density at radius 2 is 1.62 bits per heavy atom. The van der Waals surface area contributed by atoms with E-state index >= 15 is 0 Å². The molecule has 0 bridgehead atoms. The van der Waals surface area contributed by atoms with Crippen molar-refractivity contribution in [2.24, 2.45) is 17.8 Å². The quantitative estimate of drug-likeness (QED) is 0.549. The third-order valence-corrected chi connectivity index (χ3v) is 6.96. The summed E-state index contributed by atoms with van der Waals surface area (Å²) in [4.78, 5) is 36.0. The van der Waals surface area contributed by atoms with Gasteiger partial charge in [0.15, 0.2) is 0 Å². The minimum absolute atomic E-state index is 0.0907. The number of carboxylic acids is 1. The first-order chi connectivity index (χ1) is 16.3. The van der Waals surface area contributed by atoms with Gasteiger partial charge in [0.2, 0.25) is 5.91 Å². The molecule has 178 valence electrons. The molecule has 2 aromatic rings. The van der Waals surface area contributed by atoms with Crippen LogP contribution in [0.1, 0.15) is 29.9 Å². The minimum Gasteiger partial charge on any atom is -0.481 e. The maximum absolute atomic E-state index is 13.6. The number of amides is 2. The standard InChI is InChI=1S/C25H24F2N2O5/c26-25(27)19(20(25)23(31)32)11-28-22(30)21(13-9-10-13)29-24(33)34-12-18-16-7-3-1-5-14(16)15-6-2-4-8-17(15)18/h1-8,13,18-21H,9-12H2,(H,28,30)(H,29,33)(H,31,32)/t19-,20-,21?/m0/s1. The average Bonchev–Trinajstić information content (AvgIpc) is 3.71. The maximum atomic E-state index is 13.6. The molecule has 0 spiro atoms. The SMILES string of the molecule is O=C(NC(C(=O)NC[C@H]1[C@@H](C(=O)O)C1(F)F)C1CC1)OCC1c2ccccc2-c2ccccc21. The van der Waals surface area contributed by atoms with Gasteiger partial charge < -0.3 is 20.5 Å². The van der Waals surface area contributed by atoms with Gasteiger partial charge in [0, 0.05) is 12.5 Å². The molecule has 3 aliphatic carbocycles. The number of hydrogen-bond acceptors (Lipinski definition) is 4. The molecule has 2 saturated carbocycles. The van der Waals surface area contributed by atoms with Gasteiger partial charge in [0.25, 0.3) is 5.92 Å². The zero-order valence-electron chi connectivity index (χ0n) is 18.2. The van der Waals surface area contributed by atoms with Crippen molar-refractivity contribution in [3.63, 3.8) is 0 Å². The lowest BCUT2D eigenvalue weighted by Gasteiger charge is -2.19. The highest BCUT2D eigenvalue weighted by Gasteiger charge is 2.72. The van der Waals surface area contributed by atoms with Crippen LogP contribution < -0.4 is 10.6 Å². The molecule has 9 heteroatoms. The van der Waals surface area contributed by atoms with Crippen LogP contribution in [0.5, 0.6) is 0 Å². The first kappa shape index (κ1) is 22.3. The van der Waals surface area contributed by atoms with Crippen LogP contribution in [0.3, 0.4) is 0 Å². The van der Waals surface area contributed by atoms with Crippen molar-refractivity contribution in [3.8, 4) is 11.1 Å². The van der Waals surface area contributed by atoms with Gasteiger partial charge in [-0.2, -0.15) is 0 Å². The molecule has 0 heterocycles. The van der Waals surface area contributed by atoms with Crippen LogP contribution in [0.4, 0.5) is 13.6 Å². The predicted octanol–water partition coefficient (Wildman–Crippen LogP) is 3.39. The van der Waals surface area contributed by atoms with E-state index in [1.165, 1.54) is 0 Å². The van der Waals surface area contributed by atoms with Crippen molar-refractivity contribution in [2.45, 2.75) is 30.7 Å². The van der Waals surface area contributed by atoms with Gasteiger partial charge in [-0.3, -0.25) is 9.59 Å². The van der Waals surface area contributed by atoms with Crippen LogP contribution in [-0.4, -0.2) is 48.2 Å². The number of alkyl carbamates (subject to hydrolysis) is 1. The second-order valence-corrected chi connectivity index (χ2v) is 9.13. The van der Waals surface area contributed by atoms with Crippen molar-refractivity contribution in [1.29, 1.82) is 0 Å². The van der Waals surface area contributed by atoms with E-state index in [1.807, 2.05) is 48.5 Å². The Morgan fingerprint density at radius 3 is 2.15 bits per heavy atom. The van der Waals surface area contributed by atoms with Gasteiger partial charge in [-0.15, -0.1) is 0 Å². The number of ether oxygens (including phenoxy) is 1. The number of carbonyl (C=O) groups excluding carboxylic acids is 2. The van der Waals surface area contributed by atoms with E-state index in [0.29, 0.717) is 0 Å². The van der Waals surface area contributed by atoms with E-state index in [-0.39, 0.29) is 18.4 Å². The van der Waals surface area contributed by atoms with E-state index < -0.39 is 48.3 Å². The number of fused-ring (bicyclic) bond motifs is 3. The smallest absolute Gasteiger partial charge is 0.407 e. The molecule has 0 saturated heterocycles. The largest absolute Gasteiger partial charge is 0.481 e. The molecule has 0 radical (unpaired) electrons. The minimum atomic E-state index is -3.34. The average molecular weight is 470 g/mol. The summed E-state index contributed by atoms with van der Waals surface area (Å²) >= 11 is 0. The highest BCUT2D eigenvalue weighted by Crippen LogP contribution is 2.55. The van der Waals surface area contributed by atoms with Crippen molar-refractivity contribution >= 4 is 18.0 Å². The number of alkyl halides is 2. The van der Waals surface area contributed by atoms with E-state index in [1.54, 1.807) is 0 Å². The fourth-order valence-corrected chi connectivity index (χ4v) is 4.90. The summed E-state index contributed by atoms with van der Waals surface area (Å²) in [6.45, 7) is -0.369. The highest BCUT2D eigenvalue weighted by atomic mass is 19.3. The van der Waals surface area contributed by atoms with Gasteiger partial charge in [-0.05, 0) is 41.0 Å². The topological polar surface area (TPSA) is 105 Å². The van der Waals surface area contributed by atoms with Gasteiger partial charge in [0.05, 0.1) is 5.92 Å². The molecular formula is C25H24F2N2O5. The summed E-state index contributed by atoms with van der Waals surface area (Å²) < 4.78 is 32.7. The number of carboxylic acid groups (broad SMARTS) is 1. The monoisotopic (exact) mass is 470 g/mol. The number of hydrogen-bond donors (Lipinski definition) is 3. The van der Waals surface area contributed by atoms with Crippen molar-refractivity contribution in [3.05, 3.63) is 59.7 Å². The molecular weight excluding hydrogens is 446 g/mol. The predicted molar refractivity (Wildman–Crippen MR) is 117 cm³/mol. The third kappa shape index (κ3) is 3.99. The van der Waals surface area contributed by atoms with Crippen LogP contribution in [0.25, 0.3) is 11.1 Å². The fraction of sp³-hybridized carbons (Fsp3) is 0.400. The van der Waals surface area contributed by atoms with E-state index in [2.05, 4.69) is 10.6 Å². The lowest BCUT2D eigenvalue weighted by molar-refractivity contribution is -0.141. The zero-order chi connectivity index (χ0) is 24.0. The third-order valence-electron chi connectivity index (χ3n) is 6.96. The van der Waals surface area contributed by atoms with Gasteiger partial charge in [0.1, 0.15) is 18.6 Å². The van der Waals surface area contributed by atoms with Crippen molar-refractivity contribution < 1.29 is 33.0 Å². The number of halogens is 2. The molecule has 2 aromatic carbocycles. The Labute approximate surface area is 194 Å². The molecule has 34 heavy (non-hydrogen) atoms. The lowest BCUT2D eigenvalue weighted by atomic mass is 9.98. The fourth-order valence-electron chi connectivity index (χ4n) is 4.90. The first-order valence-corrected chi connectivity index (χ1v) is 11.3. The molecule has 1 unspecified atom stereocenters. The van der Waals surface area contributed by atoms with Crippen LogP contribution in [0, 0.1) is 17.8 Å². The zero-order valence-corrected chi connectivity index (χ0v) is 18.2. The van der Waals surface area contributed by atoms with Crippen LogP contribution >= 0.6 is 0 Å². The molecule has 5 rings (SSSR count). The van der Waals surface area contributed by atoms with Gasteiger partial charge in [-0.25, -0.2) is 13.6 Å². The summed E-state index contributed by atoms with van der Waals surface area (Å²) in [5.74, 6) is -8.99. The van der Waals surface area contributed by atoms with Crippen LogP contribution in [0.15, 0.2) is 48.5 Å². The summed E-state index contributed by atoms with van der Waals surface area (Å²) in [6, 6.07) is 14.9. The summed E-state index contributed by atoms with van der Waals surface area (Å²) in [5, 5.41) is 13.8. The van der Waals surface area contributed by atoms with Crippen molar-refractivity contribution in [1.82, 2.24) is 10.6 Å². The Bertz CT molecular complexity index is 1100. The second-order valence-electron chi connectivity index (χ2n) is 9.13. The number of nitrogens with one attached hydrogen (secondary N) is 2. The van der Waals surface area contributed by atoms with E-state index in [0.717, 1.165) is 35.1 Å². The number of carbonyl (C=O) groups is 3. The maximum Gasteiger partial charge on any atom is 0.407 e.